The zero-order valence-corrected chi connectivity index (χ0v) is 76.6. The molecule has 0 spiro atoms. The van der Waals surface area contributed by atoms with Crippen LogP contribution in [0.1, 0.15) is 110 Å². The van der Waals surface area contributed by atoms with Crippen molar-refractivity contribution in [3.05, 3.63) is 379 Å². The Morgan fingerprint density at radius 1 is 0.330 bits per heavy atom. The molecular weight excluding hydrogens is 1620 g/mol. The zero-order valence-electron chi connectivity index (χ0n) is 68.1. The van der Waals surface area contributed by atoms with Gasteiger partial charge in [0.1, 0.15) is 44.9 Å². The molecule has 568 valence electrons. The van der Waals surface area contributed by atoms with E-state index in [1.807, 2.05) is 24.3 Å². The molecule has 0 heterocycles. The minimum atomic E-state index is -0.574. The van der Waals surface area contributed by atoms with Crippen molar-refractivity contribution in [1.82, 2.24) is 0 Å². The summed E-state index contributed by atoms with van der Waals surface area (Å²) in [6, 6.07) is 101. The summed E-state index contributed by atoms with van der Waals surface area (Å²) in [6.07, 6.45) is 0. The van der Waals surface area contributed by atoms with Crippen molar-refractivity contribution in [2.24, 2.45) is 0 Å². The number of hydrogen-bond donors (Lipinski definition) is 1. The molecule has 9 nitrogen and oxygen atoms in total. The third kappa shape index (κ3) is 18.0. The monoisotopic (exact) mass is 1700 g/mol. The number of fused-ring (bicyclic) bond motifs is 9. The van der Waals surface area contributed by atoms with E-state index in [1.54, 1.807) is 6.07 Å². The molecule has 0 aromatic heterocycles. The molecule has 0 saturated heterocycles. The summed E-state index contributed by atoms with van der Waals surface area (Å²) in [5.74, 6) is 2.05. The minimum Gasteiger partial charge on any atom is -1.00 e. The Labute approximate surface area is 777 Å². The van der Waals surface area contributed by atoms with Gasteiger partial charge in [-0.1, -0.05) is 196 Å². The maximum atomic E-state index is 12.3. The average Bonchev–Trinajstić information content (AvgIpc) is 1.54. The molecule has 0 aliphatic heterocycles. The second-order valence-electron chi connectivity index (χ2n) is 30.7. The number of phenols is 1. The SMILES string of the molecule is Cc1ccc(N(c2ccc(C)cc2)c2ccc3c(c2)C(C)(C)c2ccc(O)cc2-3)cc1.Cc1ccc(N(c2ccc(C)cc2)c2ccc3c(c2)C(C)(C)c2ccc(Oc4cccc(Oc5ccc6c(c5)-c5ccc(N(c7ccc(C)cc7)c7ccc(C)cc7)cc5C6(C)C)c4Br)cc2-3)cc1.Fc1cccc(F)c1Br.O=CO[O-].[H-].[K+].[K+]. The number of carbonyl (C=O) groups excluding carboxylic acids is 1. The van der Waals surface area contributed by atoms with Gasteiger partial charge in [-0.15, -0.1) is 0 Å². The number of rotatable bonds is 14. The van der Waals surface area contributed by atoms with Gasteiger partial charge in [-0.25, -0.2) is 8.78 Å². The van der Waals surface area contributed by atoms with Crippen LogP contribution in [-0.2, 0) is 25.9 Å². The van der Waals surface area contributed by atoms with Crippen LogP contribution < -0.4 is 132 Å². The van der Waals surface area contributed by atoms with Crippen molar-refractivity contribution < 1.29 is 142 Å². The van der Waals surface area contributed by atoms with E-state index in [0.29, 0.717) is 17.2 Å². The van der Waals surface area contributed by atoms with Gasteiger partial charge in [0.2, 0.25) is 0 Å². The molecule has 0 bridgehead atoms. The number of carbonyl (C=O) groups is 1. The summed E-state index contributed by atoms with van der Waals surface area (Å²) >= 11 is 6.61. The molecule has 17 rings (SSSR count). The number of ether oxygens (including phenoxy) is 2. The second-order valence-corrected chi connectivity index (χ2v) is 32.3. The fraction of sp³-hybridized carbons (Fsp3) is 0.150. The Hall–Kier alpha value is -8.60. The normalized spacial score (nSPS) is 12.7. The maximum absolute atomic E-state index is 12.3. The molecule has 3 aliphatic rings. The fourth-order valence-corrected chi connectivity index (χ4v) is 16.3. The summed E-state index contributed by atoms with van der Waals surface area (Å²) in [4.78, 5) is 18.3. The summed E-state index contributed by atoms with van der Waals surface area (Å²) in [5.41, 5.74) is 31.9. The van der Waals surface area contributed by atoms with Crippen LogP contribution in [0.2, 0.25) is 0 Å². The third-order valence-electron chi connectivity index (χ3n) is 21.8. The van der Waals surface area contributed by atoms with Gasteiger partial charge in [0.15, 0.2) is 0 Å². The smallest absolute Gasteiger partial charge is 1.00 e. The van der Waals surface area contributed by atoms with Crippen molar-refractivity contribution in [2.45, 2.75) is 99.3 Å². The van der Waals surface area contributed by atoms with E-state index >= 15 is 0 Å². The van der Waals surface area contributed by atoms with Crippen molar-refractivity contribution in [1.29, 1.82) is 0 Å². The van der Waals surface area contributed by atoms with Crippen LogP contribution in [0, 0.1) is 53.2 Å². The summed E-state index contributed by atoms with van der Waals surface area (Å²) < 4.78 is 38.6. The van der Waals surface area contributed by atoms with Gasteiger partial charge in [-0.2, -0.15) is 0 Å². The van der Waals surface area contributed by atoms with Gasteiger partial charge < -0.3 is 40.9 Å². The van der Waals surface area contributed by atoms with Crippen molar-refractivity contribution in [3.8, 4) is 62.1 Å². The predicted octanol–water partition coefficient (Wildman–Crippen LogP) is 21.9. The maximum Gasteiger partial charge on any atom is 1.00 e. The molecule has 14 aromatic carbocycles. The van der Waals surface area contributed by atoms with Crippen molar-refractivity contribution in [3.63, 3.8) is 0 Å². The van der Waals surface area contributed by atoms with E-state index < -0.39 is 11.6 Å². The van der Waals surface area contributed by atoms with E-state index in [9.17, 15) is 13.9 Å². The van der Waals surface area contributed by atoms with Crippen LogP contribution >= 0.6 is 31.9 Å². The molecule has 15 heteroatoms. The molecule has 0 unspecified atom stereocenters. The van der Waals surface area contributed by atoms with E-state index in [0.717, 1.165) is 72.7 Å². The Balaban J connectivity index is 0.000000231. The van der Waals surface area contributed by atoms with Crippen molar-refractivity contribution >= 4 is 89.5 Å². The Morgan fingerprint density at radius 2 is 0.583 bits per heavy atom. The van der Waals surface area contributed by atoms with Crippen LogP contribution in [0.3, 0.4) is 0 Å². The number of phenolic OH excluding ortho intramolecular Hbond substituents is 1. The second kappa shape index (κ2) is 36.1. The standard InChI is InChI=1S/C64H55BrN2O2.C29H27NO.C6H3BrF2.CH2O3.2K.H/c1-40-12-20-44(21-13-40)66(45-22-14-41(2)15-23-45)48-28-32-52-54-38-50(30-34-56(54)63(5,6)58(52)36-48)68-60-10-9-11-61(62(60)65)69-51-31-35-57-55(39-51)53-33-29-49(37-59(53)64(57,7)8)67(46-24-16-42(3)17-25-46)47-26-18-43(4)19-27-47;1-19-5-9-21(10-6-19)30(22-11-7-20(2)8-12-22)23-13-15-25-26-18-24(31)14-16-27(26)29(3,4)28(25)17-23;7-6-4(8)2-1-3-5(6)9;2-1-4-3;;;/h9-39H,1-8H3;5-18,31H,1-4H3;1-3H;1,3H;;;/q;;;;2*+1;-1/p-1. The van der Waals surface area contributed by atoms with Crippen LogP contribution in [-0.4, -0.2) is 11.6 Å². The van der Waals surface area contributed by atoms with Crippen molar-refractivity contribution in [2.75, 3.05) is 14.7 Å². The first kappa shape index (κ1) is 85.8. The van der Waals surface area contributed by atoms with E-state index in [4.69, 9.17) is 19.5 Å². The van der Waals surface area contributed by atoms with Gasteiger partial charge in [-0.3, -0.25) is 4.79 Å². The number of aromatic hydroxyl groups is 1. The number of aryl methyl sites for hydroxylation is 6. The number of benzene rings is 14. The molecule has 1 N–H and O–H groups in total. The first-order chi connectivity index (χ1) is 54.2. The number of hydrogen-bond acceptors (Lipinski definition) is 9. The number of halogens is 4. The topological polar surface area (TPSA) is 97.8 Å². The van der Waals surface area contributed by atoms with Gasteiger partial charge in [0, 0.05) is 67.4 Å². The number of nitrogens with zero attached hydrogens (tertiary/aromatic N) is 3. The predicted molar refractivity (Wildman–Crippen MR) is 463 cm³/mol. The van der Waals surface area contributed by atoms with Gasteiger partial charge >= 0.3 is 103 Å². The first-order valence-corrected chi connectivity index (χ1v) is 39.1. The van der Waals surface area contributed by atoms with Gasteiger partial charge in [-0.05, 0) is 310 Å². The minimum absolute atomic E-state index is 0. The molecule has 0 fully saturated rings. The molecular formula is C100H87Br2F2K2N3O6. The van der Waals surface area contributed by atoms with Crippen LogP contribution in [0.4, 0.5) is 60.0 Å². The largest absolute Gasteiger partial charge is 1.00 e. The van der Waals surface area contributed by atoms with Crippen LogP contribution in [0.15, 0.2) is 300 Å². The van der Waals surface area contributed by atoms with Gasteiger partial charge in [0.05, 0.1) is 4.47 Å². The van der Waals surface area contributed by atoms with E-state index in [1.165, 1.54) is 113 Å². The summed E-state index contributed by atoms with van der Waals surface area (Å²) in [5, 5.41) is 18.5. The summed E-state index contributed by atoms with van der Waals surface area (Å²) in [7, 11) is 0. The Bertz CT molecular complexity index is 5510. The molecule has 3 aliphatic carbocycles. The van der Waals surface area contributed by atoms with E-state index in [-0.39, 0.29) is 131 Å². The Morgan fingerprint density at radius 3 is 0.852 bits per heavy atom. The van der Waals surface area contributed by atoms with Crippen LogP contribution in [0.5, 0.6) is 28.7 Å². The fourth-order valence-electron chi connectivity index (χ4n) is 15.6. The Kier molecular flexibility index (Phi) is 26.9. The average molecular weight is 1700 g/mol. The molecule has 0 atom stereocenters. The number of anilines is 9. The van der Waals surface area contributed by atoms with Crippen LogP contribution in [0.25, 0.3) is 33.4 Å². The third-order valence-corrected chi connectivity index (χ3v) is 23.3. The van der Waals surface area contributed by atoms with Gasteiger partial charge in [0.25, 0.3) is 6.47 Å². The molecule has 0 saturated carbocycles. The zero-order chi connectivity index (χ0) is 79.8. The quantitative estimate of drug-likeness (QED) is 0.0375. The molecule has 0 radical (unpaired) electrons. The molecule has 115 heavy (non-hydrogen) atoms. The molecule has 14 aromatic rings. The molecule has 0 amide bonds. The summed E-state index contributed by atoms with van der Waals surface area (Å²) in [6.45, 7) is 26.4. The van der Waals surface area contributed by atoms with E-state index in [2.05, 4.69) is 377 Å². The first-order valence-electron chi connectivity index (χ1n) is 37.5.